The Bertz CT molecular complexity index is 978. The number of rotatable bonds is 7. The number of aromatic nitrogens is 1. The van der Waals surface area contributed by atoms with Gasteiger partial charge in [-0.1, -0.05) is 37.6 Å². The molecular weight excluding hydrogens is 346 g/mol. The molecule has 0 N–H and O–H groups in total. The van der Waals surface area contributed by atoms with Gasteiger partial charge in [0.1, 0.15) is 6.54 Å². The van der Waals surface area contributed by atoms with E-state index in [9.17, 15) is 14.4 Å². The Morgan fingerprint density at radius 1 is 0.889 bits per heavy atom. The van der Waals surface area contributed by atoms with E-state index in [0.29, 0.717) is 28.4 Å². The van der Waals surface area contributed by atoms with Crippen LogP contribution in [0, 0.1) is 0 Å². The summed E-state index contributed by atoms with van der Waals surface area (Å²) in [6.07, 6.45) is 1.69. The number of nitrogens with zero attached hydrogens (tertiary/aromatic N) is 1. The van der Waals surface area contributed by atoms with E-state index in [2.05, 4.69) is 0 Å². The van der Waals surface area contributed by atoms with Crippen LogP contribution in [0.2, 0.25) is 0 Å². The zero-order chi connectivity index (χ0) is 19.2. The molecule has 1 heterocycles. The summed E-state index contributed by atoms with van der Waals surface area (Å²) in [4.78, 5) is 36.6. The molecule has 0 bridgehead atoms. The average Bonchev–Trinajstić information content (AvgIpc) is 2.70. The van der Waals surface area contributed by atoms with Gasteiger partial charge in [-0.2, -0.15) is 0 Å². The summed E-state index contributed by atoms with van der Waals surface area (Å²) in [7, 11) is 0. The molecule has 6 nitrogen and oxygen atoms in total. The lowest BCUT2D eigenvalue weighted by Crippen LogP contribution is -2.21. The molecule has 6 heteroatoms. The van der Waals surface area contributed by atoms with Crippen molar-refractivity contribution >= 4 is 33.7 Å². The Labute approximate surface area is 156 Å². The fourth-order valence-corrected chi connectivity index (χ4v) is 2.93. The van der Waals surface area contributed by atoms with E-state index in [-0.39, 0.29) is 12.0 Å². The Hall–Kier alpha value is -3.15. The van der Waals surface area contributed by atoms with Gasteiger partial charge in [-0.15, -0.1) is 0 Å². The maximum atomic E-state index is 12.7. The van der Waals surface area contributed by atoms with Crippen molar-refractivity contribution in [1.29, 1.82) is 0 Å². The van der Waals surface area contributed by atoms with Crippen LogP contribution in [0.1, 0.15) is 19.8 Å². The molecule has 0 aliphatic heterocycles. The topological polar surface area (TPSA) is 74.6 Å². The number of esters is 2. The van der Waals surface area contributed by atoms with E-state index in [1.807, 2.05) is 19.1 Å². The van der Waals surface area contributed by atoms with Crippen molar-refractivity contribution < 1.29 is 19.1 Å². The molecule has 0 radical (unpaired) electrons. The summed E-state index contributed by atoms with van der Waals surface area (Å²) >= 11 is 0. The van der Waals surface area contributed by atoms with Gasteiger partial charge in [0, 0.05) is 10.8 Å². The number of ether oxygens (including phenoxy) is 2. The molecule has 27 heavy (non-hydrogen) atoms. The number of benzene rings is 2. The second-order valence-electron chi connectivity index (χ2n) is 6.18. The van der Waals surface area contributed by atoms with E-state index in [4.69, 9.17) is 9.47 Å². The minimum atomic E-state index is -0.568. The lowest BCUT2D eigenvalue weighted by molar-refractivity contribution is -0.159. The van der Waals surface area contributed by atoms with Crippen LogP contribution in [-0.2, 0) is 25.6 Å². The summed E-state index contributed by atoms with van der Waals surface area (Å²) in [6, 6.07) is 14.2. The zero-order valence-electron chi connectivity index (χ0n) is 15.1. The predicted molar refractivity (Wildman–Crippen MR) is 103 cm³/mol. The lowest BCUT2D eigenvalue weighted by Gasteiger charge is -2.14. The zero-order valence-corrected chi connectivity index (χ0v) is 15.1. The molecule has 0 saturated heterocycles. The smallest absolute Gasteiger partial charge is 0.344 e. The van der Waals surface area contributed by atoms with E-state index in [1.54, 1.807) is 41.0 Å². The van der Waals surface area contributed by atoms with Crippen molar-refractivity contribution in [3.63, 3.8) is 0 Å². The Morgan fingerprint density at radius 2 is 1.48 bits per heavy atom. The first-order valence-corrected chi connectivity index (χ1v) is 8.93. The van der Waals surface area contributed by atoms with Crippen LogP contribution < -0.4 is 5.43 Å². The van der Waals surface area contributed by atoms with Crippen LogP contribution in [0.25, 0.3) is 21.8 Å². The third kappa shape index (κ3) is 4.16. The minimum Gasteiger partial charge on any atom is -0.463 e. The van der Waals surface area contributed by atoms with Crippen LogP contribution in [0.15, 0.2) is 53.3 Å². The molecule has 0 amide bonds. The van der Waals surface area contributed by atoms with Gasteiger partial charge in [-0.25, -0.2) is 4.79 Å². The van der Waals surface area contributed by atoms with Gasteiger partial charge in [0.15, 0.2) is 12.0 Å². The van der Waals surface area contributed by atoms with Gasteiger partial charge >= 0.3 is 11.9 Å². The first-order valence-electron chi connectivity index (χ1n) is 8.93. The van der Waals surface area contributed by atoms with Crippen molar-refractivity contribution in [2.45, 2.75) is 26.3 Å². The molecule has 0 aliphatic carbocycles. The second kappa shape index (κ2) is 8.49. The molecular formula is C21H21NO5. The van der Waals surface area contributed by atoms with Crippen molar-refractivity contribution in [3.8, 4) is 0 Å². The highest BCUT2D eigenvalue weighted by atomic mass is 16.6. The number of pyridine rings is 1. The summed E-state index contributed by atoms with van der Waals surface area (Å²) < 4.78 is 11.8. The molecule has 140 valence electrons. The highest BCUT2D eigenvalue weighted by Crippen LogP contribution is 2.19. The molecule has 3 aromatic rings. The number of hydrogen-bond acceptors (Lipinski definition) is 5. The molecule has 2 aromatic carbocycles. The Kier molecular flexibility index (Phi) is 5.86. The monoisotopic (exact) mass is 367 g/mol. The number of para-hydroxylation sites is 2. The summed E-state index contributed by atoms with van der Waals surface area (Å²) in [6.45, 7) is 1.79. The number of hydrogen-bond donors (Lipinski definition) is 0. The highest BCUT2D eigenvalue weighted by molar-refractivity contribution is 5.94. The first kappa shape index (κ1) is 18.6. The van der Waals surface area contributed by atoms with E-state index < -0.39 is 18.5 Å². The highest BCUT2D eigenvalue weighted by Gasteiger charge is 2.14. The molecule has 0 saturated carbocycles. The van der Waals surface area contributed by atoms with Gasteiger partial charge in [-0.05, 0) is 30.7 Å². The van der Waals surface area contributed by atoms with Crippen LogP contribution in [0.5, 0.6) is 0 Å². The van der Waals surface area contributed by atoms with Gasteiger partial charge in [-0.3, -0.25) is 9.59 Å². The lowest BCUT2D eigenvalue weighted by atomic mass is 10.1. The van der Waals surface area contributed by atoms with E-state index in [1.165, 1.54) is 0 Å². The van der Waals surface area contributed by atoms with Crippen molar-refractivity contribution in [2.24, 2.45) is 0 Å². The second-order valence-corrected chi connectivity index (χ2v) is 6.18. The Balaban J connectivity index is 1.83. The van der Waals surface area contributed by atoms with E-state index >= 15 is 0 Å². The number of fused-ring (bicyclic) bond motifs is 2. The summed E-state index contributed by atoms with van der Waals surface area (Å²) in [5.74, 6) is -1.13. The maximum Gasteiger partial charge on any atom is 0.344 e. The third-order valence-electron chi connectivity index (χ3n) is 4.28. The summed E-state index contributed by atoms with van der Waals surface area (Å²) in [5.41, 5.74) is 1.21. The van der Waals surface area contributed by atoms with Crippen molar-refractivity contribution in [3.05, 3.63) is 58.8 Å². The Morgan fingerprint density at radius 3 is 2.07 bits per heavy atom. The molecule has 0 atom stereocenters. The molecule has 0 fully saturated rings. The minimum absolute atomic E-state index is 0.0784. The molecule has 3 rings (SSSR count). The molecule has 0 spiro atoms. The molecule has 0 aliphatic rings. The van der Waals surface area contributed by atoms with Gasteiger partial charge in [0.25, 0.3) is 0 Å². The van der Waals surface area contributed by atoms with Gasteiger partial charge in [0.2, 0.25) is 0 Å². The van der Waals surface area contributed by atoms with E-state index in [0.717, 1.165) is 12.8 Å². The van der Waals surface area contributed by atoms with Crippen molar-refractivity contribution in [1.82, 2.24) is 4.57 Å². The number of carbonyl (C=O) groups excluding carboxylic acids is 2. The fourth-order valence-electron chi connectivity index (χ4n) is 2.93. The fraction of sp³-hybridized carbons (Fsp3) is 0.286. The van der Waals surface area contributed by atoms with Crippen LogP contribution in [-0.4, -0.2) is 29.7 Å². The average molecular weight is 367 g/mol. The quantitative estimate of drug-likeness (QED) is 0.364. The first-order chi connectivity index (χ1) is 13.1. The standard InChI is InChI=1S/C21H21NO5/c1-2-3-12-26-20(24)14-27-19(23)13-22-17-10-6-4-8-15(17)21(25)16-9-5-7-11-18(16)22/h4-11H,2-3,12-14H2,1H3. The van der Waals surface area contributed by atoms with Crippen LogP contribution in [0.4, 0.5) is 0 Å². The predicted octanol–water partition coefficient (Wildman–Crippen LogP) is 3.04. The maximum absolute atomic E-state index is 12.7. The molecule has 1 aromatic heterocycles. The SMILES string of the molecule is CCCCOC(=O)COC(=O)Cn1c2ccccc2c(=O)c2ccccc21. The number of carbonyl (C=O) groups is 2. The normalized spacial score (nSPS) is 10.9. The third-order valence-corrected chi connectivity index (χ3v) is 4.28. The summed E-state index contributed by atoms with van der Waals surface area (Å²) in [5, 5.41) is 1.06. The largest absolute Gasteiger partial charge is 0.463 e. The van der Waals surface area contributed by atoms with Crippen LogP contribution in [0.3, 0.4) is 0 Å². The number of unbranched alkanes of at least 4 members (excludes halogenated alkanes) is 1. The van der Waals surface area contributed by atoms with Gasteiger partial charge < -0.3 is 14.0 Å². The van der Waals surface area contributed by atoms with Crippen molar-refractivity contribution in [2.75, 3.05) is 13.2 Å². The molecule has 0 unspecified atom stereocenters. The van der Waals surface area contributed by atoms with Crippen LogP contribution >= 0.6 is 0 Å². The van der Waals surface area contributed by atoms with Gasteiger partial charge in [0.05, 0.1) is 17.6 Å².